The molecule has 0 amide bonds. The van der Waals surface area contributed by atoms with Gasteiger partial charge in [0.1, 0.15) is 22.3 Å². The van der Waals surface area contributed by atoms with Crippen molar-refractivity contribution in [3.8, 4) is 0 Å². The SMILES string of the molecule is Cc1ccccc1N(c1ccccc1)c1ccc2cc3c(cc2c1)oc1ccc2oc4cc5cc(N(C6=CC=CCC6C)c6ccccc6)ccc5cc4c2c13. The molecule has 56 heavy (non-hydrogen) atoms. The van der Waals surface area contributed by atoms with Gasteiger partial charge in [0.2, 0.25) is 0 Å². The summed E-state index contributed by atoms with van der Waals surface area (Å²) >= 11 is 0. The summed E-state index contributed by atoms with van der Waals surface area (Å²) in [6.45, 7) is 4.47. The van der Waals surface area contributed by atoms with Gasteiger partial charge in [0.05, 0.1) is 0 Å². The molecule has 268 valence electrons. The summed E-state index contributed by atoms with van der Waals surface area (Å²) < 4.78 is 13.3. The number of fused-ring (bicyclic) bond motifs is 9. The number of furan rings is 2. The average molecular weight is 723 g/mol. The van der Waals surface area contributed by atoms with E-state index in [0.717, 1.165) is 94.9 Å². The Bertz CT molecular complexity index is 3210. The summed E-state index contributed by atoms with van der Waals surface area (Å²) in [5.41, 5.74) is 11.6. The molecule has 4 nitrogen and oxygen atoms in total. The number of para-hydroxylation sites is 3. The van der Waals surface area contributed by atoms with E-state index in [2.05, 4.69) is 200 Å². The van der Waals surface area contributed by atoms with Crippen LogP contribution >= 0.6 is 0 Å². The lowest BCUT2D eigenvalue weighted by Gasteiger charge is -2.32. The van der Waals surface area contributed by atoms with Crippen LogP contribution in [0.25, 0.3) is 65.4 Å². The van der Waals surface area contributed by atoms with Crippen molar-refractivity contribution in [2.75, 3.05) is 9.80 Å². The van der Waals surface area contributed by atoms with Crippen molar-refractivity contribution in [2.24, 2.45) is 5.92 Å². The van der Waals surface area contributed by atoms with Gasteiger partial charge < -0.3 is 18.6 Å². The molecule has 0 N–H and O–H groups in total. The summed E-state index contributed by atoms with van der Waals surface area (Å²) in [7, 11) is 0. The van der Waals surface area contributed by atoms with Crippen molar-refractivity contribution >= 4 is 93.9 Å². The van der Waals surface area contributed by atoms with E-state index in [9.17, 15) is 0 Å². The van der Waals surface area contributed by atoms with E-state index in [4.69, 9.17) is 8.83 Å². The van der Waals surface area contributed by atoms with Crippen LogP contribution in [0.1, 0.15) is 18.9 Å². The zero-order chi connectivity index (χ0) is 37.3. The molecule has 0 saturated heterocycles. The van der Waals surface area contributed by atoms with E-state index in [-0.39, 0.29) is 0 Å². The first-order valence-corrected chi connectivity index (χ1v) is 19.4. The first-order chi connectivity index (χ1) is 27.6. The molecule has 0 fully saturated rings. The van der Waals surface area contributed by atoms with Crippen LogP contribution in [0.3, 0.4) is 0 Å². The fourth-order valence-corrected chi connectivity index (χ4v) is 8.74. The normalized spacial score (nSPS) is 14.4. The fraction of sp³-hybridized carbons (Fsp3) is 0.0769. The maximum Gasteiger partial charge on any atom is 0.136 e. The van der Waals surface area contributed by atoms with Crippen molar-refractivity contribution in [1.29, 1.82) is 0 Å². The minimum absolute atomic E-state index is 0.405. The van der Waals surface area contributed by atoms with Gasteiger partial charge in [-0.15, -0.1) is 0 Å². The number of nitrogens with zero attached hydrogens (tertiary/aromatic N) is 2. The Morgan fingerprint density at radius 1 is 0.482 bits per heavy atom. The predicted octanol–water partition coefficient (Wildman–Crippen LogP) is 15.2. The van der Waals surface area contributed by atoms with E-state index in [1.807, 2.05) is 0 Å². The lowest BCUT2D eigenvalue weighted by molar-refractivity contribution is 0.663. The van der Waals surface area contributed by atoms with Crippen LogP contribution in [-0.2, 0) is 0 Å². The summed E-state index contributed by atoms with van der Waals surface area (Å²) in [5, 5.41) is 8.95. The number of allylic oxidation sites excluding steroid dienone is 4. The number of hydrogen-bond acceptors (Lipinski definition) is 4. The van der Waals surface area contributed by atoms with Crippen LogP contribution in [0.4, 0.5) is 28.4 Å². The van der Waals surface area contributed by atoms with Crippen LogP contribution < -0.4 is 9.80 Å². The van der Waals surface area contributed by atoms with Crippen LogP contribution in [0.5, 0.6) is 0 Å². The van der Waals surface area contributed by atoms with E-state index in [0.29, 0.717) is 5.92 Å². The van der Waals surface area contributed by atoms with Crippen molar-refractivity contribution in [1.82, 2.24) is 0 Å². The molecule has 0 spiro atoms. The molecule has 0 aliphatic heterocycles. The summed E-state index contributed by atoms with van der Waals surface area (Å²) in [4.78, 5) is 4.73. The monoisotopic (exact) mass is 722 g/mol. The Morgan fingerprint density at radius 2 is 1.02 bits per heavy atom. The second kappa shape index (κ2) is 12.8. The van der Waals surface area contributed by atoms with E-state index < -0.39 is 0 Å². The van der Waals surface area contributed by atoms with Crippen LogP contribution in [0.2, 0.25) is 0 Å². The van der Waals surface area contributed by atoms with Gasteiger partial charge in [-0.05, 0) is 138 Å². The van der Waals surface area contributed by atoms with Crippen molar-refractivity contribution in [3.63, 3.8) is 0 Å². The number of rotatable bonds is 6. The second-order valence-electron chi connectivity index (χ2n) is 15.1. The minimum atomic E-state index is 0.405. The number of hydrogen-bond donors (Lipinski definition) is 0. The topological polar surface area (TPSA) is 32.8 Å². The third-order valence-corrected chi connectivity index (χ3v) is 11.5. The molecule has 1 atom stereocenters. The van der Waals surface area contributed by atoms with Crippen molar-refractivity contribution in [2.45, 2.75) is 20.3 Å². The smallest absolute Gasteiger partial charge is 0.136 e. The highest BCUT2D eigenvalue weighted by atomic mass is 16.3. The van der Waals surface area contributed by atoms with Crippen molar-refractivity contribution < 1.29 is 8.83 Å². The standard InChI is InChI=1S/C52H38N2O2/c1-33-13-9-11-19-45(33)53(39-15-5-3-6-16-39)41-23-21-35-29-43-49(31-37(35)27-41)55-47-25-26-48-52(51(43)47)44-30-36-22-24-42(28-38(36)32-50(44)56-48)54(40-17-7-4-8-18-40)46-20-12-10-14-34(46)2/h3-13,15-32,34H,14H2,1-2H3. The summed E-state index contributed by atoms with van der Waals surface area (Å²) in [6, 6.07) is 56.3. The van der Waals surface area contributed by atoms with Gasteiger partial charge in [0.25, 0.3) is 0 Å². The number of anilines is 5. The van der Waals surface area contributed by atoms with Crippen LogP contribution in [0, 0.1) is 12.8 Å². The number of benzene rings is 8. The molecule has 0 bridgehead atoms. The molecule has 1 aliphatic rings. The highest BCUT2D eigenvalue weighted by molar-refractivity contribution is 6.27. The first-order valence-electron chi connectivity index (χ1n) is 19.4. The molecule has 1 aliphatic carbocycles. The van der Waals surface area contributed by atoms with Crippen molar-refractivity contribution in [3.05, 3.63) is 187 Å². The zero-order valence-electron chi connectivity index (χ0n) is 31.2. The van der Waals surface area contributed by atoms with Crippen LogP contribution in [0.15, 0.2) is 190 Å². The molecular weight excluding hydrogens is 685 g/mol. The maximum atomic E-state index is 6.65. The third-order valence-electron chi connectivity index (χ3n) is 11.5. The summed E-state index contributed by atoms with van der Waals surface area (Å²) in [6.07, 6.45) is 7.71. The Kier molecular flexibility index (Phi) is 7.39. The summed E-state index contributed by atoms with van der Waals surface area (Å²) in [5.74, 6) is 0.405. The number of aryl methyl sites for hydroxylation is 1. The molecule has 1 unspecified atom stereocenters. The highest BCUT2D eigenvalue weighted by Gasteiger charge is 2.23. The van der Waals surface area contributed by atoms with Gasteiger partial charge in [-0.25, -0.2) is 0 Å². The Labute approximate surface area is 324 Å². The molecule has 0 radical (unpaired) electrons. The molecule has 8 aromatic carbocycles. The first kappa shape index (κ1) is 32.4. The molecular formula is C52H38N2O2. The van der Waals surface area contributed by atoms with Gasteiger partial charge >= 0.3 is 0 Å². The lowest BCUT2D eigenvalue weighted by atomic mass is 9.96. The zero-order valence-corrected chi connectivity index (χ0v) is 31.2. The average Bonchev–Trinajstić information content (AvgIpc) is 3.78. The predicted molar refractivity (Wildman–Crippen MR) is 235 cm³/mol. The molecule has 2 heterocycles. The van der Waals surface area contributed by atoms with Crippen LogP contribution in [-0.4, -0.2) is 0 Å². The van der Waals surface area contributed by atoms with Gasteiger partial charge in [-0.3, -0.25) is 0 Å². The fourth-order valence-electron chi connectivity index (χ4n) is 8.74. The lowest BCUT2D eigenvalue weighted by Crippen LogP contribution is -2.22. The van der Waals surface area contributed by atoms with Gasteiger partial charge in [0, 0.05) is 61.6 Å². The Morgan fingerprint density at radius 3 is 1.59 bits per heavy atom. The maximum absolute atomic E-state index is 6.65. The highest BCUT2D eigenvalue weighted by Crippen LogP contribution is 2.44. The largest absolute Gasteiger partial charge is 0.456 e. The van der Waals surface area contributed by atoms with E-state index in [1.54, 1.807) is 0 Å². The molecule has 4 heteroatoms. The third kappa shape index (κ3) is 5.21. The Balaban J connectivity index is 1.05. The van der Waals surface area contributed by atoms with E-state index in [1.165, 1.54) is 16.6 Å². The molecule has 10 aromatic rings. The quantitative estimate of drug-likeness (QED) is 0.171. The Hall–Kier alpha value is -7.04. The molecule has 0 saturated carbocycles. The minimum Gasteiger partial charge on any atom is -0.456 e. The molecule has 2 aromatic heterocycles. The van der Waals surface area contributed by atoms with Gasteiger partial charge in [0.15, 0.2) is 0 Å². The van der Waals surface area contributed by atoms with E-state index >= 15 is 0 Å². The second-order valence-corrected chi connectivity index (χ2v) is 15.1. The van der Waals surface area contributed by atoms with Gasteiger partial charge in [-0.2, -0.15) is 0 Å². The van der Waals surface area contributed by atoms with Gasteiger partial charge in [-0.1, -0.05) is 85.8 Å². The molecule has 11 rings (SSSR count).